The fourth-order valence-corrected chi connectivity index (χ4v) is 3.28. The average molecular weight is 273 g/mol. The average Bonchev–Trinajstić information content (AvgIpc) is 2.36. The smallest absolute Gasteiger partial charge is 0.0325 e. The minimum atomic E-state index is 0.354. The lowest BCUT2D eigenvalue weighted by atomic mass is 9.67. The molecule has 1 fully saturated rings. The Kier molecular flexibility index (Phi) is 4.90. The molecule has 2 rings (SSSR count). The van der Waals surface area contributed by atoms with Crippen LogP contribution in [0.25, 0.3) is 0 Å². The first-order valence-electron chi connectivity index (χ1n) is 8.22. The molecule has 0 bridgehead atoms. The van der Waals surface area contributed by atoms with Gasteiger partial charge in [0.05, 0.1) is 0 Å². The van der Waals surface area contributed by atoms with E-state index in [1.54, 1.807) is 0 Å². The fourth-order valence-electron chi connectivity index (χ4n) is 3.28. The number of rotatable bonds is 6. The first-order valence-corrected chi connectivity index (χ1v) is 8.22. The van der Waals surface area contributed by atoms with E-state index in [4.69, 9.17) is 0 Å². The molecule has 1 N–H and O–H groups in total. The topological polar surface area (TPSA) is 12.0 Å². The zero-order chi connectivity index (χ0) is 14.6. The Morgan fingerprint density at radius 1 is 1.15 bits per heavy atom. The van der Waals surface area contributed by atoms with Crippen LogP contribution in [0.1, 0.15) is 71.4 Å². The van der Waals surface area contributed by atoms with Gasteiger partial charge in [0.15, 0.2) is 0 Å². The van der Waals surface area contributed by atoms with E-state index >= 15 is 0 Å². The molecular formula is C19H31N. The summed E-state index contributed by atoms with van der Waals surface area (Å²) in [4.78, 5) is 0. The third-order valence-corrected chi connectivity index (χ3v) is 4.91. The summed E-state index contributed by atoms with van der Waals surface area (Å²) in [6.07, 6.45) is 6.75. The van der Waals surface area contributed by atoms with E-state index in [0.717, 1.165) is 0 Å². The third kappa shape index (κ3) is 4.09. The first-order chi connectivity index (χ1) is 9.44. The van der Waals surface area contributed by atoms with Crippen molar-refractivity contribution >= 4 is 0 Å². The second-order valence-electron chi connectivity index (χ2n) is 7.82. The highest BCUT2D eigenvalue weighted by molar-refractivity contribution is 5.19. The van der Waals surface area contributed by atoms with Crippen LogP contribution in [0.4, 0.5) is 0 Å². The molecule has 0 heterocycles. The molecule has 1 aromatic rings. The Morgan fingerprint density at radius 3 is 2.25 bits per heavy atom. The summed E-state index contributed by atoms with van der Waals surface area (Å²) >= 11 is 0. The second-order valence-corrected chi connectivity index (χ2v) is 7.82. The highest BCUT2D eigenvalue weighted by Gasteiger charge is 2.35. The maximum absolute atomic E-state index is 3.89. The van der Waals surface area contributed by atoms with Gasteiger partial charge in [0.2, 0.25) is 0 Å². The lowest BCUT2D eigenvalue weighted by Gasteiger charge is -2.43. The Morgan fingerprint density at radius 2 is 1.80 bits per heavy atom. The van der Waals surface area contributed by atoms with Crippen LogP contribution in [0, 0.1) is 10.8 Å². The van der Waals surface area contributed by atoms with Crippen molar-refractivity contribution in [2.75, 3.05) is 6.54 Å². The van der Waals surface area contributed by atoms with Gasteiger partial charge < -0.3 is 5.32 Å². The van der Waals surface area contributed by atoms with Crippen LogP contribution in [0.3, 0.4) is 0 Å². The Hall–Kier alpha value is -0.820. The van der Waals surface area contributed by atoms with E-state index in [2.05, 4.69) is 63.3 Å². The molecule has 0 aliphatic heterocycles. The second kappa shape index (κ2) is 6.30. The molecule has 1 nitrogen and oxygen atoms in total. The molecule has 112 valence electrons. The maximum atomic E-state index is 3.89. The monoisotopic (exact) mass is 273 g/mol. The molecule has 1 heteroatoms. The SMILES string of the molecule is CCC1(CNC(CC(C)(C)C)c2ccccc2)CCC1. The minimum absolute atomic E-state index is 0.354. The van der Waals surface area contributed by atoms with Gasteiger partial charge in [0.25, 0.3) is 0 Å². The van der Waals surface area contributed by atoms with Gasteiger partial charge >= 0.3 is 0 Å². The summed E-state index contributed by atoms with van der Waals surface area (Å²) in [5.74, 6) is 0. The summed E-state index contributed by atoms with van der Waals surface area (Å²) in [5, 5.41) is 3.89. The van der Waals surface area contributed by atoms with Gasteiger partial charge in [-0.3, -0.25) is 0 Å². The van der Waals surface area contributed by atoms with E-state index in [9.17, 15) is 0 Å². The van der Waals surface area contributed by atoms with Crippen molar-refractivity contribution in [3.05, 3.63) is 35.9 Å². The van der Waals surface area contributed by atoms with Crippen molar-refractivity contribution in [1.29, 1.82) is 0 Å². The van der Waals surface area contributed by atoms with E-state index in [1.165, 1.54) is 44.2 Å². The van der Waals surface area contributed by atoms with Crippen molar-refractivity contribution in [3.63, 3.8) is 0 Å². The number of nitrogens with one attached hydrogen (secondary N) is 1. The third-order valence-electron chi connectivity index (χ3n) is 4.91. The zero-order valence-electron chi connectivity index (χ0n) is 13.7. The lowest BCUT2D eigenvalue weighted by Crippen LogP contribution is -2.41. The summed E-state index contributed by atoms with van der Waals surface area (Å²) in [6.45, 7) is 10.5. The number of benzene rings is 1. The number of hydrogen-bond acceptors (Lipinski definition) is 1. The van der Waals surface area contributed by atoms with Gasteiger partial charge in [-0.05, 0) is 42.1 Å². The maximum Gasteiger partial charge on any atom is 0.0325 e. The molecule has 0 aromatic heterocycles. The summed E-state index contributed by atoms with van der Waals surface area (Å²) in [6, 6.07) is 11.4. The van der Waals surface area contributed by atoms with Crippen LogP contribution in [-0.4, -0.2) is 6.54 Å². The zero-order valence-corrected chi connectivity index (χ0v) is 13.7. The highest BCUT2D eigenvalue weighted by Crippen LogP contribution is 2.43. The molecule has 1 unspecified atom stereocenters. The largest absolute Gasteiger partial charge is 0.309 e. The molecule has 0 spiro atoms. The molecule has 0 radical (unpaired) electrons. The lowest BCUT2D eigenvalue weighted by molar-refractivity contribution is 0.115. The van der Waals surface area contributed by atoms with Crippen molar-refractivity contribution in [1.82, 2.24) is 5.32 Å². The van der Waals surface area contributed by atoms with Gasteiger partial charge in [-0.25, -0.2) is 0 Å². The Bertz CT molecular complexity index is 392. The Labute approximate surface area is 125 Å². The van der Waals surface area contributed by atoms with Crippen molar-refractivity contribution in [3.8, 4) is 0 Å². The van der Waals surface area contributed by atoms with Crippen molar-refractivity contribution < 1.29 is 0 Å². The quantitative estimate of drug-likeness (QED) is 0.738. The van der Waals surface area contributed by atoms with Crippen LogP contribution in [0.15, 0.2) is 30.3 Å². The summed E-state index contributed by atoms with van der Waals surface area (Å²) in [5.41, 5.74) is 2.38. The van der Waals surface area contributed by atoms with Gasteiger partial charge in [-0.1, -0.05) is 64.4 Å². The predicted molar refractivity (Wildman–Crippen MR) is 87.8 cm³/mol. The molecule has 0 saturated heterocycles. The molecule has 1 aromatic carbocycles. The fraction of sp³-hybridized carbons (Fsp3) is 0.684. The molecular weight excluding hydrogens is 242 g/mol. The Balaban J connectivity index is 2.03. The van der Waals surface area contributed by atoms with Crippen molar-refractivity contribution in [2.45, 2.75) is 65.8 Å². The number of hydrogen-bond donors (Lipinski definition) is 1. The predicted octanol–water partition coefficient (Wildman–Crippen LogP) is 5.33. The molecule has 1 saturated carbocycles. The summed E-state index contributed by atoms with van der Waals surface area (Å²) in [7, 11) is 0. The summed E-state index contributed by atoms with van der Waals surface area (Å²) < 4.78 is 0. The van der Waals surface area contributed by atoms with Gasteiger partial charge in [0.1, 0.15) is 0 Å². The standard InChI is InChI=1S/C19H31N/c1-5-19(12-9-13-19)15-20-17(14-18(2,3)4)16-10-7-6-8-11-16/h6-8,10-11,17,20H,5,9,12-15H2,1-4H3. The van der Waals surface area contributed by atoms with Crippen LogP contribution in [0.2, 0.25) is 0 Å². The molecule has 0 amide bonds. The molecule has 1 aliphatic rings. The normalized spacial score (nSPS) is 19.4. The highest BCUT2D eigenvalue weighted by atomic mass is 14.9. The van der Waals surface area contributed by atoms with E-state index < -0.39 is 0 Å². The van der Waals surface area contributed by atoms with E-state index in [0.29, 0.717) is 16.9 Å². The van der Waals surface area contributed by atoms with Gasteiger partial charge in [-0.2, -0.15) is 0 Å². The van der Waals surface area contributed by atoms with Crippen molar-refractivity contribution in [2.24, 2.45) is 10.8 Å². The van der Waals surface area contributed by atoms with Crippen LogP contribution in [0.5, 0.6) is 0 Å². The minimum Gasteiger partial charge on any atom is -0.309 e. The van der Waals surface area contributed by atoms with Crippen LogP contribution in [-0.2, 0) is 0 Å². The molecule has 1 atom stereocenters. The van der Waals surface area contributed by atoms with Gasteiger partial charge in [0, 0.05) is 12.6 Å². The van der Waals surface area contributed by atoms with E-state index in [1.807, 2.05) is 0 Å². The van der Waals surface area contributed by atoms with E-state index in [-0.39, 0.29) is 0 Å². The molecule has 1 aliphatic carbocycles. The van der Waals surface area contributed by atoms with Gasteiger partial charge in [-0.15, -0.1) is 0 Å². The first kappa shape index (κ1) is 15.6. The van der Waals surface area contributed by atoms with Crippen LogP contribution >= 0.6 is 0 Å². The van der Waals surface area contributed by atoms with Crippen LogP contribution < -0.4 is 5.32 Å². The molecule has 20 heavy (non-hydrogen) atoms.